The number of rotatable bonds is 4. The highest BCUT2D eigenvalue weighted by Gasteiger charge is 2.19. The molecule has 17 heavy (non-hydrogen) atoms. The molecule has 1 aromatic rings. The summed E-state index contributed by atoms with van der Waals surface area (Å²) in [5, 5.41) is 11.3. The van der Waals surface area contributed by atoms with Crippen LogP contribution in [-0.2, 0) is 16.1 Å². The molecule has 2 N–H and O–H groups in total. The first-order valence-corrected chi connectivity index (χ1v) is 5.48. The van der Waals surface area contributed by atoms with E-state index in [4.69, 9.17) is 5.11 Å². The molecule has 0 saturated heterocycles. The van der Waals surface area contributed by atoms with Crippen LogP contribution >= 0.6 is 0 Å². The van der Waals surface area contributed by atoms with Crippen LogP contribution < -0.4 is 5.32 Å². The molecule has 1 atom stereocenters. The van der Waals surface area contributed by atoms with Gasteiger partial charge in [-0.15, -0.1) is 0 Å². The predicted octanol–water partition coefficient (Wildman–Crippen LogP) is 1.64. The Morgan fingerprint density at radius 2 is 1.94 bits per heavy atom. The lowest BCUT2D eigenvalue weighted by Gasteiger charge is -2.09. The quantitative estimate of drug-likeness (QED) is 0.780. The molecule has 1 unspecified atom stereocenters. The van der Waals surface area contributed by atoms with E-state index in [2.05, 4.69) is 5.32 Å². The van der Waals surface area contributed by atoms with Gasteiger partial charge in [-0.3, -0.25) is 9.59 Å². The summed E-state index contributed by atoms with van der Waals surface area (Å²) >= 11 is 0. The fraction of sp³-hybridized carbons (Fsp3) is 0.385. The Bertz CT molecular complexity index is 440. The molecule has 0 bridgehead atoms. The number of nitrogens with one attached hydrogen (secondary N) is 1. The zero-order valence-corrected chi connectivity index (χ0v) is 10.3. The van der Waals surface area contributed by atoms with Crippen molar-refractivity contribution in [2.75, 3.05) is 0 Å². The molecule has 1 rings (SSSR count). The minimum absolute atomic E-state index is 0.359. The van der Waals surface area contributed by atoms with Crippen LogP contribution in [0, 0.1) is 19.8 Å². The summed E-state index contributed by atoms with van der Waals surface area (Å²) in [6, 6.07) is 5.90. The third kappa shape index (κ3) is 3.59. The second-order valence-corrected chi connectivity index (χ2v) is 4.20. The Balaban J connectivity index is 2.59. The van der Waals surface area contributed by atoms with Crippen molar-refractivity contribution < 1.29 is 14.7 Å². The Morgan fingerprint density at radius 1 is 1.29 bits per heavy atom. The topological polar surface area (TPSA) is 66.4 Å². The van der Waals surface area contributed by atoms with E-state index in [1.165, 1.54) is 12.5 Å². The highest BCUT2D eigenvalue weighted by Crippen LogP contribution is 2.09. The van der Waals surface area contributed by atoms with Gasteiger partial charge >= 0.3 is 5.97 Å². The molecule has 0 radical (unpaired) electrons. The first-order chi connectivity index (χ1) is 7.91. The molecule has 92 valence electrons. The SMILES string of the molecule is Cc1ccc(CNC(=O)C(C)C(=O)O)cc1C. The van der Waals surface area contributed by atoms with Gasteiger partial charge in [0.2, 0.25) is 5.91 Å². The van der Waals surface area contributed by atoms with E-state index in [0.717, 1.165) is 11.1 Å². The summed E-state index contributed by atoms with van der Waals surface area (Å²) in [4.78, 5) is 22.0. The zero-order valence-electron chi connectivity index (χ0n) is 10.3. The van der Waals surface area contributed by atoms with Crippen molar-refractivity contribution in [2.24, 2.45) is 5.92 Å². The van der Waals surface area contributed by atoms with Crippen molar-refractivity contribution in [1.29, 1.82) is 0 Å². The number of aliphatic carboxylic acids is 1. The molecule has 0 saturated carbocycles. The van der Waals surface area contributed by atoms with Gasteiger partial charge in [0.1, 0.15) is 5.92 Å². The molecule has 0 aliphatic heterocycles. The maximum absolute atomic E-state index is 11.4. The predicted molar refractivity (Wildman–Crippen MR) is 64.6 cm³/mol. The van der Waals surface area contributed by atoms with Crippen molar-refractivity contribution >= 4 is 11.9 Å². The molecule has 0 aliphatic rings. The molecule has 0 spiro atoms. The Morgan fingerprint density at radius 3 is 2.47 bits per heavy atom. The van der Waals surface area contributed by atoms with Gasteiger partial charge in [-0.1, -0.05) is 18.2 Å². The van der Waals surface area contributed by atoms with E-state index >= 15 is 0 Å². The summed E-state index contributed by atoms with van der Waals surface area (Å²) < 4.78 is 0. The van der Waals surface area contributed by atoms with E-state index in [1.807, 2.05) is 32.0 Å². The first kappa shape index (κ1) is 13.2. The number of carboxylic acids is 1. The van der Waals surface area contributed by atoms with Crippen LogP contribution in [-0.4, -0.2) is 17.0 Å². The maximum Gasteiger partial charge on any atom is 0.315 e. The lowest BCUT2D eigenvalue weighted by Crippen LogP contribution is -2.33. The molecule has 0 aromatic heterocycles. The van der Waals surface area contributed by atoms with Gasteiger partial charge in [0, 0.05) is 6.54 Å². The summed E-state index contributed by atoms with van der Waals surface area (Å²) in [6.45, 7) is 5.75. The zero-order chi connectivity index (χ0) is 13.0. The normalized spacial score (nSPS) is 11.9. The molecule has 4 nitrogen and oxygen atoms in total. The fourth-order valence-corrected chi connectivity index (χ4v) is 1.37. The number of aryl methyl sites for hydroxylation is 2. The Kier molecular flexibility index (Phi) is 4.26. The maximum atomic E-state index is 11.4. The van der Waals surface area contributed by atoms with Crippen molar-refractivity contribution in [3.8, 4) is 0 Å². The third-order valence-corrected chi connectivity index (χ3v) is 2.80. The first-order valence-electron chi connectivity index (χ1n) is 5.48. The minimum atomic E-state index is -1.11. The summed E-state index contributed by atoms with van der Waals surface area (Å²) in [5.41, 5.74) is 3.32. The van der Waals surface area contributed by atoms with Gasteiger partial charge in [0.05, 0.1) is 0 Å². The third-order valence-electron chi connectivity index (χ3n) is 2.80. The summed E-state index contributed by atoms with van der Waals surface area (Å²) in [6.07, 6.45) is 0. The molecule has 0 fully saturated rings. The summed E-state index contributed by atoms with van der Waals surface area (Å²) in [7, 11) is 0. The standard InChI is InChI=1S/C13H17NO3/c1-8-4-5-11(6-9(8)2)7-14-12(15)10(3)13(16)17/h4-6,10H,7H2,1-3H3,(H,14,15)(H,16,17). The van der Waals surface area contributed by atoms with E-state index < -0.39 is 17.8 Å². The number of carbonyl (C=O) groups excluding carboxylic acids is 1. The molecule has 1 amide bonds. The highest BCUT2D eigenvalue weighted by atomic mass is 16.4. The van der Waals surface area contributed by atoms with E-state index in [1.54, 1.807) is 0 Å². The number of carboxylic acid groups (broad SMARTS) is 1. The number of hydrogen-bond donors (Lipinski definition) is 2. The largest absolute Gasteiger partial charge is 0.481 e. The summed E-state index contributed by atoms with van der Waals surface area (Å²) in [5.74, 6) is -2.58. The monoisotopic (exact) mass is 235 g/mol. The molecular formula is C13H17NO3. The van der Waals surface area contributed by atoms with Crippen LogP contribution in [0.5, 0.6) is 0 Å². The number of benzene rings is 1. The van der Waals surface area contributed by atoms with Crippen LogP contribution in [0.25, 0.3) is 0 Å². The molecule has 1 aromatic carbocycles. The number of carbonyl (C=O) groups is 2. The number of hydrogen-bond acceptors (Lipinski definition) is 2. The van der Waals surface area contributed by atoms with Crippen molar-refractivity contribution in [3.63, 3.8) is 0 Å². The molecule has 0 aliphatic carbocycles. The Hall–Kier alpha value is -1.84. The molecule has 4 heteroatoms. The van der Waals surface area contributed by atoms with Crippen LogP contribution in [0.4, 0.5) is 0 Å². The van der Waals surface area contributed by atoms with E-state index in [9.17, 15) is 9.59 Å². The average Bonchev–Trinajstić information content (AvgIpc) is 2.29. The van der Waals surface area contributed by atoms with Crippen molar-refractivity contribution in [3.05, 3.63) is 34.9 Å². The van der Waals surface area contributed by atoms with Gasteiger partial charge in [-0.05, 0) is 37.5 Å². The number of amides is 1. The van der Waals surface area contributed by atoms with Gasteiger partial charge in [-0.2, -0.15) is 0 Å². The van der Waals surface area contributed by atoms with Crippen LogP contribution in [0.3, 0.4) is 0 Å². The van der Waals surface area contributed by atoms with E-state index in [-0.39, 0.29) is 0 Å². The van der Waals surface area contributed by atoms with Crippen LogP contribution in [0.1, 0.15) is 23.6 Å². The smallest absolute Gasteiger partial charge is 0.315 e. The van der Waals surface area contributed by atoms with Crippen molar-refractivity contribution in [2.45, 2.75) is 27.3 Å². The minimum Gasteiger partial charge on any atom is -0.481 e. The Labute approximate surface area is 101 Å². The van der Waals surface area contributed by atoms with Gasteiger partial charge in [-0.25, -0.2) is 0 Å². The van der Waals surface area contributed by atoms with Gasteiger partial charge in [0.25, 0.3) is 0 Å². The second kappa shape index (κ2) is 5.48. The van der Waals surface area contributed by atoms with Crippen LogP contribution in [0.15, 0.2) is 18.2 Å². The van der Waals surface area contributed by atoms with Crippen LogP contribution in [0.2, 0.25) is 0 Å². The lowest BCUT2D eigenvalue weighted by atomic mass is 10.1. The fourth-order valence-electron chi connectivity index (χ4n) is 1.37. The highest BCUT2D eigenvalue weighted by molar-refractivity contribution is 5.96. The average molecular weight is 235 g/mol. The lowest BCUT2D eigenvalue weighted by molar-refractivity contribution is -0.146. The molecular weight excluding hydrogens is 218 g/mol. The van der Waals surface area contributed by atoms with Gasteiger partial charge in [0.15, 0.2) is 0 Å². The van der Waals surface area contributed by atoms with Gasteiger partial charge < -0.3 is 10.4 Å². The second-order valence-electron chi connectivity index (χ2n) is 4.20. The molecule has 0 heterocycles. The van der Waals surface area contributed by atoms with Crippen molar-refractivity contribution in [1.82, 2.24) is 5.32 Å². The van der Waals surface area contributed by atoms with E-state index in [0.29, 0.717) is 6.54 Å².